The molecule has 70 valence electrons. The molecule has 1 aromatic carbocycles. The van der Waals surface area contributed by atoms with E-state index in [2.05, 4.69) is 15.9 Å². The third-order valence-electron chi connectivity index (χ3n) is 2.79. The Kier molecular flexibility index (Phi) is 2.20. The van der Waals surface area contributed by atoms with Crippen molar-refractivity contribution in [2.24, 2.45) is 5.92 Å². The van der Waals surface area contributed by atoms with Gasteiger partial charge in [0.05, 0.1) is 5.60 Å². The van der Waals surface area contributed by atoms with Gasteiger partial charge in [0.25, 0.3) is 0 Å². The lowest BCUT2D eigenvalue weighted by molar-refractivity contribution is 0.0323. The fraction of sp³-hybridized carbons (Fsp3) is 0.455. The van der Waals surface area contributed by atoms with Gasteiger partial charge >= 0.3 is 0 Å². The van der Waals surface area contributed by atoms with E-state index < -0.39 is 5.60 Å². The Hall–Kier alpha value is -0.340. The van der Waals surface area contributed by atoms with Gasteiger partial charge in [-0.05, 0) is 37.3 Å². The van der Waals surface area contributed by atoms with E-state index in [0.717, 1.165) is 22.9 Å². The minimum absolute atomic E-state index is 0.450. The first-order chi connectivity index (χ1) is 6.12. The Morgan fingerprint density at radius 3 is 2.54 bits per heavy atom. The van der Waals surface area contributed by atoms with Crippen molar-refractivity contribution in [1.29, 1.82) is 0 Å². The maximum atomic E-state index is 10.3. The van der Waals surface area contributed by atoms with Crippen LogP contribution in [0.25, 0.3) is 0 Å². The highest BCUT2D eigenvalue weighted by Crippen LogP contribution is 2.46. The molecule has 1 N–H and O–H groups in total. The maximum Gasteiger partial charge on any atom is 0.0907 e. The summed E-state index contributed by atoms with van der Waals surface area (Å²) in [5.74, 6) is 0.450. The monoisotopic (exact) mass is 240 g/mol. The zero-order valence-electron chi connectivity index (χ0n) is 7.63. The number of aliphatic hydroxyl groups is 1. The SMILES string of the molecule is CC(O)(c1ccccc1Br)C1CC1. The molecule has 0 heterocycles. The second-order valence-corrected chi connectivity index (χ2v) is 4.76. The second-order valence-electron chi connectivity index (χ2n) is 3.90. The molecule has 0 radical (unpaired) electrons. The predicted octanol–water partition coefficient (Wildman–Crippen LogP) is 3.07. The summed E-state index contributed by atoms with van der Waals surface area (Å²) in [5.41, 5.74) is 0.359. The van der Waals surface area contributed by atoms with Gasteiger partial charge in [-0.15, -0.1) is 0 Å². The molecule has 1 saturated carbocycles. The van der Waals surface area contributed by atoms with Crippen molar-refractivity contribution < 1.29 is 5.11 Å². The summed E-state index contributed by atoms with van der Waals surface area (Å²) in [4.78, 5) is 0. The summed E-state index contributed by atoms with van der Waals surface area (Å²) in [7, 11) is 0. The molecular weight excluding hydrogens is 228 g/mol. The van der Waals surface area contributed by atoms with E-state index in [9.17, 15) is 5.11 Å². The number of hydrogen-bond donors (Lipinski definition) is 1. The third-order valence-corrected chi connectivity index (χ3v) is 3.48. The lowest BCUT2D eigenvalue weighted by Crippen LogP contribution is -2.24. The van der Waals surface area contributed by atoms with Crippen LogP contribution in [0.5, 0.6) is 0 Å². The van der Waals surface area contributed by atoms with Crippen LogP contribution in [-0.2, 0) is 5.60 Å². The second kappa shape index (κ2) is 3.10. The molecule has 0 bridgehead atoms. The largest absolute Gasteiger partial charge is 0.385 e. The zero-order valence-corrected chi connectivity index (χ0v) is 9.21. The summed E-state index contributed by atoms with van der Waals surface area (Å²) >= 11 is 3.47. The maximum absolute atomic E-state index is 10.3. The molecule has 2 heteroatoms. The van der Waals surface area contributed by atoms with Crippen molar-refractivity contribution in [1.82, 2.24) is 0 Å². The van der Waals surface area contributed by atoms with Crippen LogP contribution in [0.2, 0.25) is 0 Å². The van der Waals surface area contributed by atoms with Gasteiger partial charge in [-0.3, -0.25) is 0 Å². The molecule has 13 heavy (non-hydrogen) atoms. The summed E-state index contributed by atoms with van der Waals surface area (Å²) in [5, 5.41) is 10.3. The van der Waals surface area contributed by atoms with E-state index in [1.807, 2.05) is 31.2 Å². The Morgan fingerprint density at radius 1 is 1.38 bits per heavy atom. The molecule has 1 atom stereocenters. The molecule has 2 rings (SSSR count). The van der Waals surface area contributed by atoms with Crippen LogP contribution in [0.1, 0.15) is 25.3 Å². The van der Waals surface area contributed by atoms with Crippen molar-refractivity contribution in [3.05, 3.63) is 34.3 Å². The van der Waals surface area contributed by atoms with Gasteiger partial charge in [-0.25, -0.2) is 0 Å². The predicted molar refractivity (Wildman–Crippen MR) is 56.4 cm³/mol. The van der Waals surface area contributed by atoms with E-state index in [1.54, 1.807) is 0 Å². The van der Waals surface area contributed by atoms with Crippen LogP contribution in [0.4, 0.5) is 0 Å². The normalized spacial score (nSPS) is 21.2. The van der Waals surface area contributed by atoms with Crippen LogP contribution in [0.15, 0.2) is 28.7 Å². The molecule has 0 saturated heterocycles. The molecule has 1 aliphatic carbocycles. The highest BCUT2D eigenvalue weighted by molar-refractivity contribution is 9.10. The van der Waals surface area contributed by atoms with Gasteiger partial charge in [0.1, 0.15) is 0 Å². The summed E-state index contributed by atoms with van der Waals surface area (Å²) in [6.07, 6.45) is 2.29. The molecule has 0 aliphatic heterocycles. The summed E-state index contributed by atoms with van der Waals surface area (Å²) in [6.45, 7) is 1.91. The van der Waals surface area contributed by atoms with E-state index >= 15 is 0 Å². The molecule has 1 unspecified atom stereocenters. The lowest BCUT2D eigenvalue weighted by atomic mass is 9.91. The van der Waals surface area contributed by atoms with Crippen LogP contribution < -0.4 is 0 Å². The quantitative estimate of drug-likeness (QED) is 0.843. The first-order valence-corrected chi connectivity index (χ1v) is 5.39. The minimum atomic E-state index is -0.653. The van der Waals surface area contributed by atoms with Gasteiger partial charge in [-0.1, -0.05) is 34.1 Å². The van der Waals surface area contributed by atoms with Crippen LogP contribution in [0.3, 0.4) is 0 Å². The van der Waals surface area contributed by atoms with Gasteiger partial charge in [0.2, 0.25) is 0 Å². The fourth-order valence-electron chi connectivity index (χ4n) is 1.74. The molecule has 1 aliphatic rings. The van der Waals surface area contributed by atoms with E-state index in [1.165, 1.54) is 0 Å². The van der Waals surface area contributed by atoms with Gasteiger partial charge in [0, 0.05) is 4.47 Å². The zero-order chi connectivity index (χ0) is 9.47. The van der Waals surface area contributed by atoms with Gasteiger partial charge < -0.3 is 5.11 Å². The van der Waals surface area contributed by atoms with Crippen molar-refractivity contribution in [2.45, 2.75) is 25.4 Å². The third kappa shape index (κ3) is 1.65. The molecule has 1 aromatic rings. The summed E-state index contributed by atoms with van der Waals surface area (Å²) < 4.78 is 1.01. The highest BCUT2D eigenvalue weighted by Gasteiger charge is 2.41. The van der Waals surface area contributed by atoms with Crippen LogP contribution >= 0.6 is 15.9 Å². The Labute approximate surface area is 86.9 Å². The Morgan fingerprint density at radius 2 is 2.00 bits per heavy atom. The number of rotatable bonds is 2. The summed E-state index contributed by atoms with van der Waals surface area (Å²) in [6, 6.07) is 7.90. The van der Waals surface area contributed by atoms with Crippen molar-refractivity contribution in [3.8, 4) is 0 Å². The molecule has 0 amide bonds. The number of hydrogen-bond acceptors (Lipinski definition) is 1. The lowest BCUT2D eigenvalue weighted by Gasteiger charge is -2.24. The fourth-order valence-corrected chi connectivity index (χ4v) is 2.42. The smallest absolute Gasteiger partial charge is 0.0907 e. The molecular formula is C11H13BrO. The van der Waals surface area contributed by atoms with Crippen LogP contribution in [-0.4, -0.2) is 5.11 Å². The standard InChI is InChI=1S/C11H13BrO/c1-11(13,8-6-7-8)9-4-2-3-5-10(9)12/h2-5,8,13H,6-7H2,1H3. The van der Waals surface area contributed by atoms with Gasteiger partial charge in [0.15, 0.2) is 0 Å². The number of halogens is 1. The highest BCUT2D eigenvalue weighted by atomic mass is 79.9. The van der Waals surface area contributed by atoms with Crippen molar-refractivity contribution >= 4 is 15.9 Å². The van der Waals surface area contributed by atoms with Crippen molar-refractivity contribution in [3.63, 3.8) is 0 Å². The van der Waals surface area contributed by atoms with Crippen molar-refractivity contribution in [2.75, 3.05) is 0 Å². The topological polar surface area (TPSA) is 20.2 Å². The average molecular weight is 241 g/mol. The first kappa shape index (κ1) is 9.22. The Balaban J connectivity index is 2.38. The minimum Gasteiger partial charge on any atom is -0.385 e. The van der Waals surface area contributed by atoms with E-state index in [4.69, 9.17) is 0 Å². The molecule has 0 spiro atoms. The number of benzene rings is 1. The van der Waals surface area contributed by atoms with E-state index in [0.29, 0.717) is 5.92 Å². The Bertz CT molecular complexity index is 316. The first-order valence-electron chi connectivity index (χ1n) is 4.60. The van der Waals surface area contributed by atoms with Gasteiger partial charge in [-0.2, -0.15) is 0 Å². The van der Waals surface area contributed by atoms with Crippen LogP contribution in [0, 0.1) is 5.92 Å². The molecule has 1 nitrogen and oxygen atoms in total. The average Bonchev–Trinajstić information content (AvgIpc) is 2.86. The van der Waals surface area contributed by atoms with E-state index in [-0.39, 0.29) is 0 Å². The molecule has 1 fully saturated rings. The molecule has 0 aromatic heterocycles.